The number of hydrogen-bond donors (Lipinski definition) is 2. The van der Waals surface area contributed by atoms with Gasteiger partial charge < -0.3 is 4.98 Å². The number of fused-ring (bicyclic) bond motifs is 1. The molecule has 1 aromatic heterocycles. The number of aromatic amines is 1. The van der Waals surface area contributed by atoms with Crippen molar-refractivity contribution in [1.29, 1.82) is 0 Å². The Labute approximate surface area is 155 Å². The molecule has 0 bridgehead atoms. The number of hydrogen-bond acceptors (Lipinski definition) is 4. The lowest BCUT2D eigenvalue weighted by Crippen LogP contribution is -2.25. The predicted molar refractivity (Wildman–Crippen MR) is 103 cm³/mol. The van der Waals surface area contributed by atoms with Gasteiger partial charge in [-0.2, -0.15) is 0 Å². The molecule has 3 aromatic rings. The van der Waals surface area contributed by atoms with Crippen molar-refractivity contribution < 1.29 is 9.63 Å². The van der Waals surface area contributed by atoms with Gasteiger partial charge in [-0.1, -0.05) is 30.3 Å². The zero-order valence-corrected chi connectivity index (χ0v) is 15.1. The van der Waals surface area contributed by atoms with Crippen LogP contribution >= 0.6 is 12.2 Å². The fourth-order valence-electron chi connectivity index (χ4n) is 2.68. The molecule has 0 radical (unpaired) electrons. The van der Waals surface area contributed by atoms with Gasteiger partial charge in [-0.3, -0.25) is 19.0 Å². The Kier molecular flexibility index (Phi) is 5.60. The smallest absolute Gasteiger partial charge is 0.274 e. The first kappa shape index (κ1) is 18.0. The van der Waals surface area contributed by atoms with Gasteiger partial charge in [-0.25, -0.2) is 5.48 Å². The van der Waals surface area contributed by atoms with Crippen LogP contribution in [0.15, 0.2) is 53.3 Å². The minimum Gasteiger partial charge on any atom is -0.332 e. The summed E-state index contributed by atoms with van der Waals surface area (Å²) >= 11 is 5.34. The second-order valence-corrected chi connectivity index (χ2v) is 6.13. The van der Waals surface area contributed by atoms with Crippen LogP contribution in [0.2, 0.25) is 0 Å². The molecule has 0 aliphatic carbocycles. The van der Waals surface area contributed by atoms with E-state index in [-0.39, 0.29) is 11.5 Å². The Balaban J connectivity index is 1.91. The van der Waals surface area contributed by atoms with Crippen molar-refractivity contribution in [3.8, 4) is 0 Å². The van der Waals surface area contributed by atoms with Crippen LogP contribution < -0.4 is 11.0 Å². The summed E-state index contributed by atoms with van der Waals surface area (Å²) in [5.41, 5.74) is 4.21. The van der Waals surface area contributed by atoms with Crippen LogP contribution in [0.3, 0.4) is 0 Å². The maximum atomic E-state index is 12.8. The van der Waals surface area contributed by atoms with Gasteiger partial charge in [0.1, 0.15) is 0 Å². The lowest BCUT2D eigenvalue weighted by molar-refractivity contribution is 0.0364. The fourth-order valence-corrected chi connectivity index (χ4v) is 2.97. The molecular formula is C19H19N3O3S. The number of aromatic nitrogens is 2. The molecule has 0 saturated carbocycles. The van der Waals surface area contributed by atoms with Gasteiger partial charge in [0.2, 0.25) is 0 Å². The Morgan fingerprint density at radius 1 is 1.23 bits per heavy atom. The largest absolute Gasteiger partial charge is 0.332 e. The van der Waals surface area contributed by atoms with Crippen LogP contribution in [0.4, 0.5) is 0 Å². The molecule has 0 fully saturated rings. The highest BCUT2D eigenvalue weighted by Crippen LogP contribution is 2.11. The zero-order chi connectivity index (χ0) is 18.5. The van der Waals surface area contributed by atoms with Crippen molar-refractivity contribution in [2.24, 2.45) is 0 Å². The van der Waals surface area contributed by atoms with E-state index in [0.29, 0.717) is 40.8 Å². The molecule has 26 heavy (non-hydrogen) atoms. The van der Waals surface area contributed by atoms with Crippen LogP contribution in [-0.4, -0.2) is 22.1 Å². The summed E-state index contributed by atoms with van der Waals surface area (Å²) < 4.78 is 1.88. The number of rotatable bonds is 6. The number of nitrogens with zero attached hydrogens (tertiary/aromatic N) is 1. The highest BCUT2D eigenvalue weighted by molar-refractivity contribution is 7.71. The molecule has 6 nitrogen and oxygen atoms in total. The van der Waals surface area contributed by atoms with Gasteiger partial charge in [0, 0.05) is 12.1 Å². The van der Waals surface area contributed by atoms with Gasteiger partial charge in [-0.15, -0.1) is 0 Å². The molecule has 0 saturated heterocycles. The number of amides is 1. The van der Waals surface area contributed by atoms with Crippen molar-refractivity contribution in [3.63, 3.8) is 0 Å². The maximum Gasteiger partial charge on any atom is 0.274 e. The van der Waals surface area contributed by atoms with Gasteiger partial charge in [0.05, 0.1) is 17.5 Å². The molecule has 134 valence electrons. The van der Waals surface area contributed by atoms with Crippen molar-refractivity contribution >= 4 is 29.0 Å². The third-order valence-electron chi connectivity index (χ3n) is 4.02. The first-order valence-electron chi connectivity index (χ1n) is 8.33. The van der Waals surface area contributed by atoms with E-state index in [1.54, 1.807) is 29.7 Å². The number of nitrogens with one attached hydrogen (secondary N) is 2. The highest BCUT2D eigenvalue weighted by atomic mass is 32.1. The molecule has 0 aliphatic heterocycles. The lowest BCUT2D eigenvalue weighted by Gasteiger charge is -2.09. The Morgan fingerprint density at radius 2 is 2.00 bits per heavy atom. The quantitative estimate of drug-likeness (QED) is 0.517. The van der Waals surface area contributed by atoms with E-state index in [0.717, 1.165) is 5.56 Å². The number of carbonyl (C=O) groups excluding carboxylic acids is 1. The van der Waals surface area contributed by atoms with E-state index in [4.69, 9.17) is 17.1 Å². The molecule has 0 aliphatic rings. The second-order valence-electron chi connectivity index (χ2n) is 5.75. The monoisotopic (exact) mass is 369 g/mol. The number of hydroxylamine groups is 1. The average Bonchev–Trinajstić information content (AvgIpc) is 2.66. The summed E-state index contributed by atoms with van der Waals surface area (Å²) in [5.74, 6) is -0.374. The van der Waals surface area contributed by atoms with Gasteiger partial charge in [-0.05, 0) is 49.3 Å². The Bertz CT molecular complexity index is 1040. The summed E-state index contributed by atoms with van der Waals surface area (Å²) in [4.78, 5) is 32.7. The minimum absolute atomic E-state index is 0.170. The molecule has 1 heterocycles. The third-order valence-corrected chi connectivity index (χ3v) is 4.34. The normalized spacial score (nSPS) is 10.8. The number of benzene rings is 2. The van der Waals surface area contributed by atoms with Crippen LogP contribution in [-0.2, 0) is 17.8 Å². The van der Waals surface area contributed by atoms with Crippen molar-refractivity contribution in [2.45, 2.75) is 19.9 Å². The van der Waals surface area contributed by atoms with E-state index in [1.165, 1.54) is 0 Å². The summed E-state index contributed by atoms with van der Waals surface area (Å²) in [6.07, 6.45) is 0.707. The molecule has 0 unspecified atom stereocenters. The molecule has 2 aromatic carbocycles. The summed E-state index contributed by atoms with van der Waals surface area (Å²) in [5, 5.41) is 0.486. The minimum atomic E-state index is -0.374. The van der Waals surface area contributed by atoms with Crippen molar-refractivity contribution in [1.82, 2.24) is 15.0 Å². The summed E-state index contributed by atoms with van der Waals surface area (Å²) in [6.45, 7) is 2.63. The molecule has 2 N–H and O–H groups in total. The molecule has 0 spiro atoms. The van der Waals surface area contributed by atoms with Gasteiger partial charge in [0.25, 0.3) is 11.5 Å². The Hall–Kier alpha value is -2.77. The number of carbonyl (C=O) groups is 1. The van der Waals surface area contributed by atoms with Crippen LogP contribution in [0, 0.1) is 4.77 Å². The standard InChI is InChI=1S/C19H19N3O3S/c1-2-25-21-17(23)14-8-9-15-16(12-14)20-19(26)22(18(15)24)11-10-13-6-4-3-5-7-13/h3-9,12H,2,10-11H2,1H3,(H,20,26)(H,21,23). The molecule has 3 rings (SSSR count). The van der Waals surface area contributed by atoms with E-state index in [1.807, 2.05) is 30.3 Å². The maximum absolute atomic E-state index is 12.8. The van der Waals surface area contributed by atoms with Crippen molar-refractivity contribution in [2.75, 3.05) is 6.61 Å². The number of aryl methyl sites for hydroxylation is 1. The Morgan fingerprint density at radius 3 is 2.73 bits per heavy atom. The highest BCUT2D eigenvalue weighted by Gasteiger charge is 2.10. The molecular weight excluding hydrogens is 350 g/mol. The van der Waals surface area contributed by atoms with Gasteiger partial charge >= 0.3 is 0 Å². The van der Waals surface area contributed by atoms with Gasteiger partial charge in [0.15, 0.2) is 4.77 Å². The van der Waals surface area contributed by atoms with Crippen molar-refractivity contribution in [3.05, 3.63) is 74.8 Å². The van der Waals surface area contributed by atoms with Crippen LogP contribution in [0.25, 0.3) is 10.9 Å². The summed E-state index contributed by atoms with van der Waals surface area (Å²) in [6, 6.07) is 14.7. The second kappa shape index (κ2) is 8.07. The fraction of sp³-hybridized carbons (Fsp3) is 0.211. The summed E-state index contributed by atoms with van der Waals surface area (Å²) in [7, 11) is 0. The zero-order valence-electron chi connectivity index (χ0n) is 14.3. The lowest BCUT2D eigenvalue weighted by atomic mass is 10.1. The van der Waals surface area contributed by atoms with E-state index < -0.39 is 0 Å². The first-order chi connectivity index (χ1) is 12.6. The molecule has 0 atom stereocenters. The molecule has 1 amide bonds. The third kappa shape index (κ3) is 3.89. The van der Waals surface area contributed by atoms with E-state index in [9.17, 15) is 9.59 Å². The molecule has 7 heteroatoms. The topological polar surface area (TPSA) is 76.1 Å². The average molecular weight is 369 g/mol. The van der Waals surface area contributed by atoms with E-state index in [2.05, 4.69) is 10.5 Å². The van der Waals surface area contributed by atoms with Crippen LogP contribution in [0.5, 0.6) is 0 Å². The van der Waals surface area contributed by atoms with E-state index >= 15 is 0 Å². The first-order valence-corrected chi connectivity index (χ1v) is 8.74. The SMILES string of the molecule is CCONC(=O)c1ccc2c(=O)n(CCc3ccccc3)c(=S)[nH]c2c1. The predicted octanol–water partition coefficient (Wildman–Crippen LogP) is 2.98. The number of H-pyrrole nitrogens is 1. The van der Waals surface area contributed by atoms with Crippen LogP contribution in [0.1, 0.15) is 22.8 Å².